The molecule has 7 nitrogen and oxygen atoms in total. The lowest BCUT2D eigenvalue weighted by molar-refractivity contribution is -0.384. The van der Waals surface area contributed by atoms with Gasteiger partial charge in [0.2, 0.25) is 0 Å². The number of hydrogen-bond donors (Lipinski definition) is 1. The van der Waals surface area contributed by atoms with Crippen molar-refractivity contribution < 1.29 is 19.2 Å². The predicted octanol–water partition coefficient (Wildman–Crippen LogP) is 1.61. The SMILES string of the molecule is O=C(NCc1cccc([N+](=O)[O-])c1)O[C@@H]1CCOC1. The molecular weight excluding hydrogens is 252 g/mol. The Kier molecular flexibility index (Phi) is 4.30. The molecule has 1 aliphatic rings. The Morgan fingerprint density at radius 3 is 3.11 bits per heavy atom. The first-order valence-electron chi connectivity index (χ1n) is 5.91. The van der Waals surface area contributed by atoms with Gasteiger partial charge in [0.25, 0.3) is 5.69 Å². The van der Waals surface area contributed by atoms with Gasteiger partial charge in [-0.2, -0.15) is 0 Å². The minimum atomic E-state index is -0.540. The first-order valence-corrected chi connectivity index (χ1v) is 5.91. The summed E-state index contributed by atoms with van der Waals surface area (Å²) in [6, 6.07) is 6.09. The number of ether oxygens (including phenoxy) is 2. The van der Waals surface area contributed by atoms with Crippen LogP contribution in [0, 0.1) is 10.1 Å². The molecule has 0 saturated carbocycles. The van der Waals surface area contributed by atoms with Gasteiger partial charge in [0, 0.05) is 25.1 Å². The monoisotopic (exact) mass is 266 g/mol. The van der Waals surface area contributed by atoms with E-state index >= 15 is 0 Å². The average Bonchev–Trinajstić information content (AvgIpc) is 2.89. The van der Waals surface area contributed by atoms with Gasteiger partial charge >= 0.3 is 6.09 Å². The van der Waals surface area contributed by atoms with Gasteiger partial charge in [-0.3, -0.25) is 10.1 Å². The van der Waals surface area contributed by atoms with Crippen molar-refractivity contribution in [2.24, 2.45) is 0 Å². The topological polar surface area (TPSA) is 90.7 Å². The molecule has 1 aromatic rings. The van der Waals surface area contributed by atoms with E-state index in [1.54, 1.807) is 12.1 Å². The Balaban J connectivity index is 1.82. The van der Waals surface area contributed by atoms with Gasteiger partial charge in [-0.1, -0.05) is 12.1 Å². The van der Waals surface area contributed by atoms with E-state index in [-0.39, 0.29) is 18.3 Å². The van der Waals surface area contributed by atoms with Crippen molar-refractivity contribution in [3.63, 3.8) is 0 Å². The van der Waals surface area contributed by atoms with Gasteiger partial charge in [-0.15, -0.1) is 0 Å². The minimum Gasteiger partial charge on any atom is -0.444 e. The zero-order valence-corrected chi connectivity index (χ0v) is 10.2. The van der Waals surface area contributed by atoms with Crippen molar-refractivity contribution in [1.82, 2.24) is 5.32 Å². The lowest BCUT2D eigenvalue weighted by atomic mass is 10.2. The third kappa shape index (κ3) is 3.92. The summed E-state index contributed by atoms with van der Waals surface area (Å²) in [5.41, 5.74) is 0.644. The van der Waals surface area contributed by atoms with Gasteiger partial charge in [0.1, 0.15) is 6.10 Å². The lowest BCUT2D eigenvalue weighted by Crippen LogP contribution is -2.28. The van der Waals surface area contributed by atoms with E-state index in [4.69, 9.17) is 9.47 Å². The Hall–Kier alpha value is -2.15. The van der Waals surface area contributed by atoms with Crippen molar-refractivity contribution >= 4 is 11.8 Å². The second-order valence-electron chi connectivity index (χ2n) is 4.17. The molecule has 1 N–H and O–H groups in total. The van der Waals surface area contributed by atoms with Crippen LogP contribution in [0.3, 0.4) is 0 Å². The highest BCUT2D eigenvalue weighted by Gasteiger charge is 2.19. The molecule has 1 aromatic carbocycles. The zero-order valence-electron chi connectivity index (χ0n) is 10.2. The van der Waals surface area contributed by atoms with Gasteiger partial charge < -0.3 is 14.8 Å². The van der Waals surface area contributed by atoms with E-state index in [1.807, 2.05) is 0 Å². The van der Waals surface area contributed by atoms with Crippen LogP contribution in [0.15, 0.2) is 24.3 Å². The highest BCUT2D eigenvalue weighted by Crippen LogP contribution is 2.13. The van der Waals surface area contributed by atoms with E-state index in [9.17, 15) is 14.9 Å². The van der Waals surface area contributed by atoms with Crippen LogP contribution < -0.4 is 5.32 Å². The van der Waals surface area contributed by atoms with Crippen LogP contribution in [0.2, 0.25) is 0 Å². The van der Waals surface area contributed by atoms with Crippen molar-refractivity contribution in [3.8, 4) is 0 Å². The van der Waals surface area contributed by atoms with Crippen molar-refractivity contribution in [1.29, 1.82) is 0 Å². The summed E-state index contributed by atoms with van der Waals surface area (Å²) in [4.78, 5) is 21.6. The van der Waals surface area contributed by atoms with Crippen LogP contribution >= 0.6 is 0 Å². The molecule has 0 aliphatic carbocycles. The first kappa shape index (κ1) is 13.3. The third-order valence-corrected chi connectivity index (χ3v) is 2.72. The molecule has 0 spiro atoms. The molecule has 19 heavy (non-hydrogen) atoms. The number of non-ortho nitro benzene ring substituents is 1. The van der Waals surface area contributed by atoms with Crippen molar-refractivity contribution in [3.05, 3.63) is 39.9 Å². The van der Waals surface area contributed by atoms with Crippen LogP contribution in [0.1, 0.15) is 12.0 Å². The highest BCUT2D eigenvalue weighted by molar-refractivity contribution is 5.67. The molecule has 1 atom stereocenters. The maximum atomic E-state index is 11.5. The number of amides is 1. The minimum absolute atomic E-state index is 0.00291. The summed E-state index contributed by atoms with van der Waals surface area (Å²) in [5.74, 6) is 0. The largest absolute Gasteiger partial charge is 0.444 e. The maximum Gasteiger partial charge on any atom is 0.407 e. The molecule has 1 amide bonds. The van der Waals surface area contributed by atoms with Crippen molar-refractivity contribution in [2.45, 2.75) is 19.1 Å². The smallest absolute Gasteiger partial charge is 0.407 e. The molecule has 0 unspecified atom stereocenters. The Morgan fingerprint density at radius 2 is 2.42 bits per heavy atom. The number of rotatable bonds is 4. The van der Waals surface area contributed by atoms with E-state index in [2.05, 4.69) is 5.32 Å². The summed E-state index contributed by atoms with van der Waals surface area (Å²) in [6.07, 6.45) is -0.0448. The van der Waals surface area contributed by atoms with Crippen LogP contribution in [0.5, 0.6) is 0 Å². The first-order chi connectivity index (χ1) is 9.15. The number of nitrogens with one attached hydrogen (secondary N) is 1. The normalized spacial score (nSPS) is 18.0. The fourth-order valence-electron chi connectivity index (χ4n) is 1.75. The van der Waals surface area contributed by atoms with E-state index < -0.39 is 11.0 Å². The van der Waals surface area contributed by atoms with E-state index in [0.29, 0.717) is 25.2 Å². The van der Waals surface area contributed by atoms with Crippen molar-refractivity contribution in [2.75, 3.05) is 13.2 Å². The van der Waals surface area contributed by atoms with E-state index in [1.165, 1.54) is 12.1 Å². The highest BCUT2D eigenvalue weighted by atomic mass is 16.6. The number of carbonyl (C=O) groups excluding carboxylic acids is 1. The molecule has 0 aromatic heterocycles. The number of benzene rings is 1. The number of alkyl carbamates (subject to hydrolysis) is 1. The summed E-state index contributed by atoms with van der Waals surface area (Å²) in [5, 5.41) is 13.2. The summed E-state index contributed by atoms with van der Waals surface area (Å²) in [6.45, 7) is 1.21. The molecule has 0 radical (unpaired) electrons. The lowest BCUT2D eigenvalue weighted by Gasteiger charge is -2.11. The predicted molar refractivity (Wildman–Crippen MR) is 65.6 cm³/mol. The Morgan fingerprint density at radius 1 is 1.58 bits per heavy atom. The second-order valence-corrected chi connectivity index (χ2v) is 4.17. The molecule has 0 bridgehead atoms. The molecular formula is C12H14N2O5. The molecule has 1 aliphatic heterocycles. The fourth-order valence-corrected chi connectivity index (χ4v) is 1.75. The summed E-state index contributed by atoms with van der Waals surface area (Å²) in [7, 11) is 0. The summed E-state index contributed by atoms with van der Waals surface area (Å²) >= 11 is 0. The molecule has 1 fully saturated rings. The quantitative estimate of drug-likeness (QED) is 0.660. The Bertz CT molecular complexity index is 471. The number of nitro groups is 1. The van der Waals surface area contributed by atoms with Gasteiger partial charge in [-0.25, -0.2) is 4.79 Å². The zero-order chi connectivity index (χ0) is 13.7. The van der Waals surface area contributed by atoms with Crippen LogP contribution in [-0.4, -0.2) is 30.3 Å². The number of hydrogen-bond acceptors (Lipinski definition) is 5. The van der Waals surface area contributed by atoms with Crippen LogP contribution in [0.25, 0.3) is 0 Å². The molecule has 102 valence electrons. The van der Waals surface area contributed by atoms with Crippen LogP contribution in [-0.2, 0) is 16.0 Å². The van der Waals surface area contributed by atoms with Gasteiger partial charge in [0.05, 0.1) is 18.1 Å². The number of nitrogens with zero attached hydrogens (tertiary/aromatic N) is 1. The molecule has 1 saturated heterocycles. The van der Waals surface area contributed by atoms with Gasteiger partial charge in [-0.05, 0) is 5.56 Å². The number of carbonyl (C=O) groups is 1. The maximum absolute atomic E-state index is 11.5. The van der Waals surface area contributed by atoms with Crippen LogP contribution in [0.4, 0.5) is 10.5 Å². The van der Waals surface area contributed by atoms with Gasteiger partial charge in [0.15, 0.2) is 0 Å². The molecule has 7 heteroatoms. The fraction of sp³-hybridized carbons (Fsp3) is 0.417. The number of nitro benzene ring substituents is 1. The second kappa shape index (κ2) is 6.14. The summed E-state index contributed by atoms with van der Waals surface area (Å²) < 4.78 is 10.2. The standard InChI is InChI=1S/C12H14N2O5/c15-12(19-11-4-5-18-8-11)13-7-9-2-1-3-10(6-9)14(16)17/h1-3,6,11H,4-5,7-8H2,(H,13,15)/t11-/m1/s1. The average molecular weight is 266 g/mol. The molecule has 2 rings (SSSR count). The third-order valence-electron chi connectivity index (χ3n) is 2.72. The van der Waals surface area contributed by atoms with E-state index in [0.717, 1.165) is 0 Å². The molecule has 1 heterocycles. The Labute approximate surface area is 109 Å².